The molecule has 0 atom stereocenters. The molecule has 2 heterocycles. The van der Waals surface area contributed by atoms with E-state index < -0.39 is 0 Å². The van der Waals surface area contributed by atoms with Crippen LogP contribution < -0.4 is 21.1 Å². The first-order chi connectivity index (χ1) is 15.6. The maximum absolute atomic E-state index is 11.9. The fourth-order valence-corrected chi connectivity index (χ4v) is 3.45. The smallest absolute Gasteiger partial charge is 0.220 e. The van der Waals surface area contributed by atoms with Crippen LogP contribution in [0, 0.1) is 5.92 Å². The third-order valence-electron chi connectivity index (χ3n) is 5.47. The Kier molecular flexibility index (Phi) is 6.81. The van der Waals surface area contributed by atoms with E-state index in [1.165, 1.54) is 0 Å². The topological polar surface area (TPSA) is 122 Å². The van der Waals surface area contributed by atoms with Gasteiger partial charge in [-0.05, 0) is 42.3 Å². The lowest BCUT2D eigenvalue weighted by Gasteiger charge is -2.26. The summed E-state index contributed by atoms with van der Waals surface area (Å²) < 4.78 is 5.83. The second kappa shape index (κ2) is 10.1. The molecule has 0 aliphatic carbocycles. The Hall–Kier alpha value is -3.65. The van der Waals surface area contributed by atoms with E-state index in [0.717, 1.165) is 24.2 Å². The number of anilines is 1. The van der Waals surface area contributed by atoms with Crippen LogP contribution in [0.4, 0.5) is 5.82 Å². The van der Waals surface area contributed by atoms with Crippen LogP contribution in [0.1, 0.15) is 17.5 Å². The first-order valence-corrected chi connectivity index (χ1v) is 10.7. The largest absolute Gasteiger partial charge is 0.507 e. The molecule has 0 spiro atoms. The van der Waals surface area contributed by atoms with E-state index in [1.54, 1.807) is 24.3 Å². The standard InChI is InChI=1S/C24H27N5O3/c25-24-22(12-20(28-29-24)19-3-1-2-4-21(19)30)32-10-9-16-5-7-17(8-6-16)15-27-23(31)11-18-13-26-14-18/h1-8,12,18,26,30H,9-11,13-15H2,(H2,25,29)(H,27,31). The Balaban J connectivity index is 1.27. The van der Waals surface area contributed by atoms with Crippen molar-refractivity contribution in [1.82, 2.24) is 20.8 Å². The van der Waals surface area contributed by atoms with Crippen LogP contribution in [0.5, 0.6) is 11.5 Å². The predicted octanol–water partition coefficient (Wildman–Crippen LogP) is 2.28. The summed E-state index contributed by atoms with van der Waals surface area (Å²) in [5.74, 6) is 1.32. The van der Waals surface area contributed by atoms with Gasteiger partial charge in [0.15, 0.2) is 11.6 Å². The summed E-state index contributed by atoms with van der Waals surface area (Å²) in [7, 11) is 0. The number of benzene rings is 2. The molecule has 1 saturated heterocycles. The van der Waals surface area contributed by atoms with E-state index in [4.69, 9.17) is 10.5 Å². The van der Waals surface area contributed by atoms with E-state index in [1.807, 2.05) is 30.3 Å². The van der Waals surface area contributed by atoms with Gasteiger partial charge < -0.3 is 26.2 Å². The molecule has 32 heavy (non-hydrogen) atoms. The van der Waals surface area contributed by atoms with E-state index in [9.17, 15) is 9.90 Å². The van der Waals surface area contributed by atoms with Gasteiger partial charge in [0, 0.05) is 31.0 Å². The lowest BCUT2D eigenvalue weighted by atomic mass is 9.99. The Labute approximate surface area is 186 Å². The van der Waals surface area contributed by atoms with Gasteiger partial charge in [0.1, 0.15) is 11.4 Å². The number of nitrogens with two attached hydrogens (primary N) is 1. The van der Waals surface area contributed by atoms with Gasteiger partial charge in [-0.25, -0.2) is 0 Å². The number of hydrogen-bond donors (Lipinski definition) is 4. The maximum atomic E-state index is 11.9. The molecule has 0 unspecified atom stereocenters. The molecule has 1 fully saturated rings. The molecular weight excluding hydrogens is 406 g/mol. The van der Waals surface area contributed by atoms with Crippen molar-refractivity contribution in [3.05, 3.63) is 65.7 Å². The fourth-order valence-electron chi connectivity index (χ4n) is 3.45. The van der Waals surface area contributed by atoms with Crippen LogP contribution in [-0.2, 0) is 17.8 Å². The number of carbonyl (C=O) groups is 1. The predicted molar refractivity (Wildman–Crippen MR) is 122 cm³/mol. The quantitative estimate of drug-likeness (QED) is 0.408. The molecule has 0 bridgehead atoms. The zero-order valence-electron chi connectivity index (χ0n) is 17.8. The van der Waals surface area contributed by atoms with Crippen molar-refractivity contribution in [2.45, 2.75) is 19.4 Å². The first kappa shape index (κ1) is 21.6. The minimum absolute atomic E-state index is 0.0979. The second-order valence-electron chi connectivity index (χ2n) is 7.92. The third kappa shape index (κ3) is 5.53. The van der Waals surface area contributed by atoms with Crippen LogP contribution in [0.3, 0.4) is 0 Å². The number of amides is 1. The van der Waals surface area contributed by atoms with E-state index in [0.29, 0.717) is 48.9 Å². The Morgan fingerprint density at radius 1 is 1.12 bits per heavy atom. The molecule has 1 aliphatic heterocycles. The molecule has 1 aromatic heterocycles. The molecule has 8 heteroatoms. The Bertz CT molecular complexity index is 1070. The fraction of sp³-hybridized carbons (Fsp3) is 0.292. The van der Waals surface area contributed by atoms with Crippen molar-refractivity contribution < 1.29 is 14.6 Å². The Morgan fingerprint density at radius 3 is 2.59 bits per heavy atom. The molecule has 0 radical (unpaired) electrons. The number of nitrogens with one attached hydrogen (secondary N) is 2. The number of nitrogen functional groups attached to an aromatic ring is 1. The minimum Gasteiger partial charge on any atom is -0.507 e. The van der Waals surface area contributed by atoms with Crippen LogP contribution in [0.2, 0.25) is 0 Å². The van der Waals surface area contributed by atoms with E-state index in [-0.39, 0.29) is 17.5 Å². The van der Waals surface area contributed by atoms with Crippen LogP contribution in [0.25, 0.3) is 11.3 Å². The highest BCUT2D eigenvalue weighted by Gasteiger charge is 2.19. The summed E-state index contributed by atoms with van der Waals surface area (Å²) in [6, 6.07) is 16.7. The average Bonchev–Trinajstić information content (AvgIpc) is 2.77. The SMILES string of the molecule is Nc1nnc(-c2ccccc2O)cc1OCCc1ccc(CNC(=O)CC2CNC2)cc1. The molecule has 166 valence electrons. The highest BCUT2D eigenvalue weighted by Crippen LogP contribution is 2.30. The number of carbonyl (C=O) groups excluding carboxylic acids is 1. The molecule has 1 amide bonds. The zero-order chi connectivity index (χ0) is 22.3. The van der Waals surface area contributed by atoms with Gasteiger partial charge in [0.2, 0.25) is 5.91 Å². The minimum atomic E-state index is 0.0979. The van der Waals surface area contributed by atoms with Gasteiger partial charge in [-0.3, -0.25) is 4.79 Å². The summed E-state index contributed by atoms with van der Waals surface area (Å²) >= 11 is 0. The van der Waals surface area contributed by atoms with Gasteiger partial charge in [0.25, 0.3) is 0 Å². The highest BCUT2D eigenvalue weighted by atomic mass is 16.5. The number of ether oxygens (including phenoxy) is 1. The molecule has 4 rings (SSSR count). The highest BCUT2D eigenvalue weighted by molar-refractivity contribution is 5.76. The van der Waals surface area contributed by atoms with E-state index in [2.05, 4.69) is 20.8 Å². The van der Waals surface area contributed by atoms with Crippen LogP contribution >= 0.6 is 0 Å². The lowest BCUT2D eigenvalue weighted by Crippen LogP contribution is -2.44. The monoisotopic (exact) mass is 433 g/mol. The van der Waals surface area contributed by atoms with E-state index >= 15 is 0 Å². The number of aromatic nitrogens is 2. The second-order valence-corrected chi connectivity index (χ2v) is 7.92. The van der Waals surface area contributed by atoms with Crippen LogP contribution in [0.15, 0.2) is 54.6 Å². The lowest BCUT2D eigenvalue weighted by molar-refractivity contribution is -0.122. The number of para-hydroxylation sites is 1. The molecule has 5 N–H and O–H groups in total. The molecular formula is C24H27N5O3. The summed E-state index contributed by atoms with van der Waals surface area (Å²) in [6.07, 6.45) is 1.27. The van der Waals surface area contributed by atoms with Crippen molar-refractivity contribution in [1.29, 1.82) is 0 Å². The summed E-state index contributed by atoms with van der Waals surface area (Å²) in [6.45, 7) is 2.81. The summed E-state index contributed by atoms with van der Waals surface area (Å²) in [5, 5.41) is 24.2. The van der Waals surface area contributed by atoms with Crippen molar-refractivity contribution in [2.24, 2.45) is 5.92 Å². The van der Waals surface area contributed by atoms with Crippen molar-refractivity contribution in [3.63, 3.8) is 0 Å². The van der Waals surface area contributed by atoms with Gasteiger partial charge >= 0.3 is 0 Å². The summed E-state index contributed by atoms with van der Waals surface area (Å²) in [4.78, 5) is 11.9. The first-order valence-electron chi connectivity index (χ1n) is 10.7. The molecule has 2 aromatic carbocycles. The van der Waals surface area contributed by atoms with Gasteiger partial charge in [-0.1, -0.05) is 36.4 Å². The third-order valence-corrected chi connectivity index (χ3v) is 5.47. The van der Waals surface area contributed by atoms with Crippen molar-refractivity contribution in [2.75, 3.05) is 25.4 Å². The molecule has 8 nitrogen and oxygen atoms in total. The van der Waals surface area contributed by atoms with Gasteiger partial charge in [0.05, 0.1) is 6.61 Å². The number of rotatable bonds is 9. The van der Waals surface area contributed by atoms with Gasteiger partial charge in [-0.15, -0.1) is 10.2 Å². The number of hydrogen-bond acceptors (Lipinski definition) is 7. The number of phenols is 1. The molecule has 0 saturated carbocycles. The van der Waals surface area contributed by atoms with Gasteiger partial charge in [-0.2, -0.15) is 0 Å². The summed E-state index contributed by atoms with van der Waals surface area (Å²) in [5.41, 5.74) is 9.14. The zero-order valence-corrected chi connectivity index (χ0v) is 17.8. The Morgan fingerprint density at radius 2 is 1.88 bits per heavy atom. The normalized spacial score (nSPS) is 13.4. The number of aromatic hydroxyl groups is 1. The number of phenolic OH excluding ortho intramolecular Hbond substituents is 1. The van der Waals surface area contributed by atoms with Crippen molar-refractivity contribution >= 4 is 11.7 Å². The maximum Gasteiger partial charge on any atom is 0.220 e. The van der Waals surface area contributed by atoms with Crippen molar-refractivity contribution in [3.8, 4) is 22.8 Å². The molecule has 1 aliphatic rings. The van der Waals surface area contributed by atoms with Crippen LogP contribution in [-0.4, -0.2) is 40.9 Å². The number of nitrogens with zero attached hydrogens (tertiary/aromatic N) is 2. The average molecular weight is 434 g/mol. The molecule has 3 aromatic rings.